The summed E-state index contributed by atoms with van der Waals surface area (Å²) in [4.78, 5) is 15.8. The van der Waals surface area contributed by atoms with Crippen molar-refractivity contribution in [2.45, 2.75) is 6.54 Å². The Morgan fingerprint density at radius 2 is 1.77 bits per heavy atom. The lowest BCUT2D eigenvalue weighted by Gasteiger charge is -2.36. The van der Waals surface area contributed by atoms with Crippen LogP contribution in [0.2, 0.25) is 0 Å². The molecule has 0 spiro atoms. The fourth-order valence-electron chi connectivity index (χ4n) is 2.92. The Morgan fingerprint density at radius 1 is 1.08 bits per heavy atom. The quantitative estimate of drug-likeness (QED) is 0.911. The summed E-state index contributed by atoms with van der Waals surface area (Å²) in [6, 6.07) is 10.9. The monoisotopic (exact) mass is 361 g/mol. The van der Waals surface area contributed by atoms with Gasteiger partial charge in [0.25, 0.3) is 0 Å². The van der Waals surface area contributed by atoms with Gasteiger partial charge in [-0.3, -0.25) is 0 Å². The van der Waals surface area contributed by atoms with Crippen LogP contribution in [0.15, 0.2) is 42.5 Å². The van der Waals surface area contributed by atoms with Gasteiger partial charge in [0, 0.05) is 38.8 Å². The molecule has 26 heavy (non-hydrogen) atoms. The van der Waals surface area contributed by atoms with Crippen molar-refractivity contribution in [3.63, 3.8) is 0 Å². The standard InChI is InChI=1S/C19H21F2N3O2/c1-26-16-5-2-14(3-6-16)13-22-19(25)24-10-8-23(9-11-24)18-7-4-15(20)12-17(18)21/h2-7,12H,8-11,13H2,1H3,(H,22,25). The van der Waals surface area contributed by atoms with Gasteiger partial charge in [0.05, 0.1) is 12.8 Å². The first-order valence-corrected chi connectivity index (χ1v) is 8.42. The van der Waals surface area contributed by atoms with Crippen molar-refractivity contribution < 1.29 is 18.3 Å². The number of ether oxygens (including phenoxy) is 1. The Labute approximate surface area is 151 Å². The van der Waals surface area contributed by atoms with Crippen molar-refractivity contribution in [2.75, 3.05) is 38.2 Å². The van der Waals surface area contributed by atoms with E-state index in [0.29, 0.717) is 38.4 Å². The molecule has 1 aliphatic rings. The van der Waals surface area contributed by atoms with Gasteiger partial charge >= 0.3 is 6.03 Å². The zero-order valence-corrected chi connectivity index (χ0v) is 14.5. The summed E-state index contributed by atoms with van der Waals surface area (Å²) in [7, 11) is 1.61. The maximum Gasteiger partial charge on any atom is 0.317 e. The second-order valence-corrected chi connectivity index (χ2v) is 6.08. The first-order valence-electron chi connectivity index (χ1n) is 8.42. The molecule has 2 aromatic rings. The van der Waals surface area contributed by atoms with Crippen LogP contribution in [0.4, 0.5) is 19.3 Å². The molecule has 1 heterocycles. The van der Waals surface area contributed by atoms with E-state index in [4.69, 9.17) is 4.74 Å². The van der Waals surface area contributed by atoms with Crippen LogP contribution >= 0.6 is 0 Å². The van der Waals surface area contributed by atoms with Gasteiger partial charge in [-0.25, -0.2) is 13.6 Å². The number of anilines is 1. The number of nitrogens with one attached hydrogen (secondary N) is 1. The summed E-state index contributed by atoms with van der Waals surface area (Å²) in [6.45, 7) is 2.38. The lowest BCUT2D eigenvalue weighted by atomic mass is 10.2. The van der Waals surface area contributed by atoms with Crippen LogP contribution in [0.5, 0.6) is 5.75 Å². The van der Waals surface area contributed by atoms with Gasteiger partial charge in [-0.15, -0.1) is 0 Å². The van der Waals surface area contributed by atoms with Gasteiger partial charge < -0.3 is 19.9 Å². The number of methoxy groups -OCH3 is 1. The molecule has 5 nitrogen and oxygen atoms in total. The molecule has 2 amide bonds. The molecule has 1 fully saturated rings. The number of hydrogen-bond acceptors (Lipinski definition) is 3. The van der Waals surface area contributed by atoms with Crippen LogP contribution < -0.4 is 15.0 Å². The zero-order valence-electron chi connectivity index (χ0n) is 14.5. The second-order valence-electron chi connectivity index (χ2n) is 6.08. The van der Waals surface area contributed by atoms with E-state index in [2.05, 4.69) is 5.32 Å². The average Bonchev–Trinajstić information content (AvgIpc) is 2.67. The third-order valence-electron chi connectivity index (χ3n) is 4.42. The van der Waals surface area contributed by atoms with E-state index in [0.717, 1.165) is 17.4 Å². The van der Waals surface area contributed by atoms with Gasteiger partial charge in [-0.05, 0) is 29.8 Å². The molecular formula is C19H21F2N3O2. The third kappa shape index (κ3) is 4.22. The van der Waals surface area contributed by atoms with Crippen LogP contribution in [-0.4, -0.2) is 44.2 Å². The smallest absolute Gasteiger partial charge is 0.317 e. The number of amides is 2. The minimum Gasteiger partial charge on any atom is -0.497 e. The molecule has 0 saturated carbocycles. The Balaban J connectivity index is 1.50. The highest BCUT2D eigenvalue weighted by molar-refractivity contribution is 5.74. The normalized spacial score (nSPS) is 14.3. The van der Waals surface area contributed by atoms with E-state index in [1.807, 2.05) is 29.2 Å². The van der Waals surface area contributed by atoms with Gasteiger partial charge in [0.2, 0.25) is 0 Å². The molecule has 0 bridgehead atoms. The number of nitrogens with zero attached hydrogens (tertiary/aromatic N) is 2. The van der Waals surface area contributed by atoms with Crippen molar-refractivity contribution in [3.05, 3.63) is 59.7 Å². The first kappa shape index (κ1) is 18.0. The molecule has 1 N–H and O–H groups in total. The van der Waals surface area contributed by atoms with Crippen LogP contribution in [-0.2, 0) is 6.54 Å². The predicted octanol–water partition coefficient (Wildman–Crippen LogP) is 3.01. The number of carbonyl (C=O) groups is 1. The highest BCUT2D eigenvalue weighted by Gasteiger charge is 2.22. The summed E-state index contributed by atoms with van der Waals surface area (Å²) in [6.07, 6.45) is 0. The first-order chi connectivity index (χ1) is 12.6. The Bertz CT molecular complexity index is 760. The van der Waals surface area contributed by atoms with Crippen LogP contribution in [0, 0.1) is 11.6 Å². The highest BCUT2D eigenvalue weighted by Crippen LogP contribution is 2.21. The molecule has 0 aromatic heterocycles. The molecule has 138 valence electrons. The van der Waals surface area contributed by atoms with Gasteiger partial charge in [0.15, 0.2) is 0 Å². The van der Waals surface area contributed by atoms with E-state index < -0.39 is 11.6 Å². The maximum atomic E-state index is 13.9. The Morgan fingerprint density at radius 3 is 2.38 bits per heavy atom. The number of carbonyl (C=O) groups excluding carboxylic acids is 1. The van der Waals surface area contributed by atoms with E-state index in [9.17, 15) is 13.6 Å². The topological polar surface area (TPSA) is 44.8 Å². The summed E-state index contributed by atoms with van der Waals surface area (Å²) in [5.74, 6) is -0.408. The lowest BCUT2D eigenvalue weighted by Crippen LogP contribution is -2.51. The van der Waals surface area contributed by atoms with Crippen LogP contribution in [0.1, 0.15) is 5.56 Å². The maximum absolute atomic E-state index is 13.9. The van der Waals surface area contributed by atoms with Gasteiger partial charge in [0.1, 0.15) is 17.4 Å². The second kappa shape index (κ2) is 8.03. The number of benzene rings is 2. The fraction of sp³-hybridized carbons (Fsp3) is 0.316. The molecule has 0 radical (unpaired) electrons. The highest BCUT2D eigenvalue weighted by atomic mass is 19.1. The number of hydrogen-bond donors (Lipinski definition) is 1. The predicted molar refractivity (Wildman–Crippen MR) is 95.4 cm³/mol. The van der Waals surface area contributed by atoms with Crippen LogP contribution in [0.25, 0.3) is 0 Å². The average molecular weight is 361 g/mol. The lowest BCUT2D eigenvalue weighted by molar-refractivity contribution is 0.194. The fourth-order valence-corrected chi connectivity index (χ4v) is 2.92. The third-order valence-corrected chi connectivity index (χ3v) is 4.42. The van der Waals surface area contributed by atoms with E-state index >= 15 is 0 Å². The van der Waals surface area contributed by atoms with Crippen molar-refractivity contribution in [3.8, 4) is 5.75 Å². The van der Waals surface area contributed by atoms with Crippen molar-refractivity contribution >= 4 is 11.7 Å². The van der Waals surface area contributed by atoms with E-state index in [-0.39, 0.29) is 6.03 Å². The van der Waals surface area contributed by atoms with E-state index in [1.165, 1.54) is 12.1 Å². The molecule has 0 aliphatic carbocycles. The molecule has 0 atom stereocenters. The summed E-state index contributed by atoms with van der Waals surface area (Å²) in [5.41, 5.74) is 1.34. The SMILES string of the molecule is COc1ccc(CNC(=O)N2CCN(c3ccc(F)cc3F)CC2)cc1. The Kier molecular flexibility index (Phi) is 5.55. The van der Waals surface area contributed by atoms with Crippen LogP contribution in [0.3, 0.4) is 0 Å². The number of urea groups is 1. The summed E-state index contributed by atoms with van der Waals surface area (Å²) >= 11 is 0. The molecule has 0 unspecified atom stereocenters. The van der Waals surface area contributed by atoms with Crippen molar-refractivity contribution in [1.82, 2.24) is 10.2 Å². The molecular weight excluding hydrogens is 340 g/mol. The number of rotatable bonds is 4. The minimum absolute atomic E-state index is 0.153. The van der Waals surface area contributed by atoms with Crippen molar-refractivity contribution in [2.24, 2.45) is 0 Å². The Hall–Kier alpha value is -2.83. The molecule has 7 heteroatoms. The molecule has 1 aliphatic heterocycles. The van der Waals surface area contributed by atoms with Crippen molar-refractivity contribution in [1.29, 1.82) is 0 Å². The summed E-state index contributed by atoms with van der Waals surface area (Å²) < 4.78 is 32.0. The largest absolute Gasteiger partial charge is 0.497 e. The minimum atomic E-state index is -0.595. The molecule has 1 saturated heterocycles. The number of piperazine rings is 1. The molecule has 3 rings (SSSR count). The molecule has 2 aromatic carbocycles. The zero-order chi connectivity index (χ0) is 18.5. The van der Waals surface area contributed by atoms with Gasteiger partial charge in [-0.1, -0.05) is 12.1 Å². The van der Waals surface area contributed by atoms with E-state index in [1.54, 1.807) is 12.0 Å². The number of halogens is 2. The van der Waals surface area contributed by atoms with Gasteiger partial charge in [-0.2, -0.15) is 0 Å². The summed E-state index contributed by atoms with van der Waals surface area (Å²) in [5, 5.41) is 2.88.